The number of hydrogen-bond donors (Lipinski definition) is 1. The predicted octanol–water partition coefficient (Wildman–Crippen LogP) is 4.00. The lowest BCUT2D eigenvalue weighted by Crippen LogP contribution is -2.15. The number of hydrogen-bond acceptors (Lipinski definition) is 5. The van der Waals surface area contributed by atoms with Crippen molar-refractivity contribution in [2.45, 2.75) is 13.5 Å². The first-order valence-electron chi connectivity index (χ1n) is 7.28. The van der Waals surface area contributed by atoms with Crippen molar-refractivity contribution < 1.29 is 27.5 Å². The van der Waals surface area contributed by atoms with Gasteiger partial charge in [0.25, 0.3) is 5.91 Å². The Morgan fingerprint density at radius 2 is 2.08 bits per heavy atom. The number of anilines is 1. The number of amides is 1. The number of alkyl halides is 2. The molecule has 0 atom stereocenters. The van der Waals surface area contributed by atoms with Gasteiger partial charge in [0.15, 0.2) is 23.0 Å². The van der Waals surface area contributed by atoms with Crippen molar-refractivity contribution in [3.63, 3.8) is 0 Å². The third kappa shape index (κ3) is 3.52. The average molecular weight is 348 g/mol. The highest BCUT2D eigenvalue weighted by atomic mass is 19.3. The molecule has 8 heteroatoms. The quantitative estimate of drug-likeness (QED) is 0.754. The van der Waals surface area contributed by atoms with Crippen LogP contribution in [-0.2, 0) is 0 Å². The van der Waals surface area contributed by atoms with Crippen LogP contribution >= 0.6 is 0 Å². The third-order valence-electron chi connectivity index (χ3n) is 3.40. The van der Waals surface area contributed by atoms with Crippen LogP contribution in [0.2, 0.25) is 0 Å². The molecular weight excluding hydrogens is 334 g/mol. The summed E-state index contributed by atoms with van der Waals surface area (Å²) in [6.07, 6.45) is 0. The molecule has 0 spiro atoms. The van der Waals surface area contributed by atoms with Crippen molar-refractivity contribution in [3.8, 4) is 11.5 Å². The number of fused-ring (bicyclic) bond motifs is 1. The third-order valence-corrected chi connectivity index (χ3v) is 3.40. The molecule has 0 radical (unpaired) electrons. The first-order valence-corrected chi connectivity index (χ1v) is 7.28. The minimum atomic E-state index is -3.09. The average Bonchev–Trinajstić information content (AvgIpc) is 2.93. The van der Waals surface area contributed by atoms with Gasteiger partial charge in [-0.3, -0.25) is 4.79 Å². The van der Waals surface area contributed by atoms with Gasteiger partial charge in [0.05, 0.1) is 12.7 Å². The number of para-hydroxylation sites is 1. The Balaban J connectivity index is 1.91. The number of aromatic nitrogens is 1. The molecule has 1 heterocycles. The normalized spacial score (nSPS) is 10.9. The molecule has 2 aromatic carbocycles. The Kier molecular flexibility index (Phi) is 4.51. The number of benzene rings is 2. The number of carbonyl (C=O) groups excluding carboxylic acids is 1. The molecule has 0 fully saturated rings. The van der Waals surface area contributed by atoms with Crippen LogP contribution in [0.5, 0.6) is 11.5 Å². The topological polar surface area (TPSA) is 73.6 Å². The lowest BCUT2D eigenvalue weighted by atomic mass is 10.1. The highest BCUT2D eigenvalue weighted by Gasteiger charge is 2.20. The molecule has 0 saturated heterocycles. The summed E-state index contributed by atoms with van der Waals surface area (Å²) in [6, 6.07) is 9.22. The van der Waals surface area contributed by atoms with Crippen molar-refractivity contribution in [1.29, 1.82) is 0 Å². The van der Waals surface area contributed by atoms with Crippen LogP contribution in [0.4, 0.5) is 14.5 Å². The van der Waals surface area contributed by atoms with Crippen molar-refractivity contribution in [3.05, 3.63) is 47.9 Å². The molecule has 1 N–H and O–H groups in total. The Morgan fingerprint density at radius 3 is 2.80 bits per heavy atom. The molecule has 0 aliphatic carbocycles. The van der Waals surface area contributed by atoms with Crippen molar-refractivity contribution in [2.24, 2.45) is 0 Å². The minimum absolute atomic E-state index is 0.0364. The van der Waals surface area contributed by atoms with Crippen LogP contribution in [-0.4, -0.2) is 24.6 Å². The van der Waals surface area contributed by atoms with Gasteiger partial charge in [0, 0.05) is 18.7 Å². The van der Waals surface area contributed by atoms with Gasteiger partial charge >= 0.3 is 6.61 Å². The molecule has 0 unspecified atom stereocenters. The Bertz CT molecular complexity index is 924. The molecule has 0 bridgehead atoms. The SMILES string of the molecule is COc1cccc(C(=O)Nc2ccc3nc(C)oc3c2)c1OC(F)F. The molecular formula is C17H14F2N2O4. The molecule has 130 valence electrons. The molecule has 1 amide bonds. The Hall–Kier alpha value is -3.16. The largest absolute Gasteiger partial charge is 0.493 e. The predicted molar refractivity (Wildman–Crippen MR) is 86.3 cm³/mol. The second-order valence-electron chi connectivity index (χ2n) is 5.08. The molecule has 3 rings (SSSR count). The van der Waals surface area contributed by atoms with E-state index in [1.54, 1.807) is 25.1 Å². The second-order valence-corrected chi connectivity index (χ2v) is 5.08. The summed E-state index contributed by atoms with van der Waals surface area (Å²) in [4.78, 5) is 16.6. The summed E-state index contributed by atoms with van der Waals surface area (Å²) in [7, 11) is 1.30. The number of aryl methyl sites for hydroxylation is 1. The maximum atomic E-state index is 12.7. The van der Waals surface area contributed by atoms with Gasteiger partial charge in [-0.15, -0.1) is 0 Å². The molecule has 1 aromatic heterocycles. The zero-order valence-electron chi connectivity index (χ0n) is 13.4. The van der Waals surface area contributed by atoms with E-state index in [0.29, 0.717) is 22.7 Å². The number of oxazole rings is 1. The van der Waals surface area contributed by atoms with E-state index in [-0.39, 0.29) is 17.1 Å². The van der Waals surface area contributed by atoms with Gasteiger partial charge in [0.2, 0.25) is 0 Å². The van der Waals surface area contributed by atoms with Gasteiger partial charge < -0.3 is 19.2 Å². The van der Waals surface area contributed by atoms with Crippen molar-refractivity contribution in [1.82, 2.24) is 4.98 Å². The van der Waals surface area contributed by atoms with E-state index in [1.165, 1.54) is 25.3 Å². The summed E-state index contributed by atoms with van der Waals surface area (Å²) in [5.74, 6) is -0.410. The van der Waals surface area contributed by atoms with Crippen LogP contribution < -0.4 is 14.8 Å². The maximum absolute atomic E-state index is 12.7. The lowest BCUT2D eigenvalue weighted by molar-refractivity contribution is -0.0515. The maximum Gasteiger partial charge on any atom is 0.387 e. The van der Waals surface area contributed by atoms with Crippen LogP contribution in [0.25, 0.3) is 11.1 Å². The molecule has 25 heavy (non-hydrogen) atoms. The first-order chi connectivity index (χ1) is 12.0. The molecule has 3 aromatic rings. The van der Waals surface area contributed by atoms with Gasteiger partial charge in [0.1, 0.15) is 5.52 Å². The fraction of sp³-hybridized carbons (Fsp3) is 0.176. The molecule has 0 aliphatic rings. The Morgan fingerprint density at radius 1 is 1.28 bits per heavy atom. The van der Waals surface area contributed by atoms with E-state index >= 15 is 0 Å². The molecule has 0 aliphatic heterocycles. The number of halogens is 2. The lowest BCUT2D eigenvalue weighted by Gasteiger charge is -2.14. The zero-order chi connectivity index (χ0) is 18.0. The van der Waals surface area contributed by atoms with E-state index in [1.807, 2.05) is 0 Å². The highest BCUT2D eigenvalue weighted by Crippen LogP contribution is 2.33. The van der Waals surface area contributed by atoms with E-state index in [2.05, 4.69) is 15.0 Å². The second kappa shape index (κ2) is 6.76. The molecule has 6 nitrogen and oxygen atoms in total. The minimum Gasteiger partial charge on any atom is -0.493 e. The summed E-state index contributed by atoms with van der Waals surface area (Å²) in [5, 5.41) is 2.62. The summed E-state index contributed by atoms with van der Waals surface area (Å²) >= 11 is 0. The Labute approximate surface area is 141 Å². The van der Waals surface area contributed by atoms with Gasteiger partial charge in [-0.2, -0.15) is 8.78 Å². The van der Waals surface area contributed by atoms with E-state index in [0.717, 1.165) is 0 Å². The number of nitrogens with zero attached hydrogens (tertiary/aromatic N) is 1. The van der Waals surface area contributed by atoms with Crippen LogP contribution in [0.15, 0.2) is 40.8 Å². The van der Waals surface area contributed by atoms with Gasteiger partial charge in [-0.25, -0.2) is 4.98 Å². The van der Waals surface area contributed by atoms with E-state index in [9.17, 15) is 13.6 Å². The van der Waals surface area contributed by atoms with Crippen molar-refractivity contribution >= 4 is 22.7 Å². The smallest absolute Gasteiger partial charge is 0.387 e. The fourth-order valence-corrected chi connectivity index (χ4v) is 2.38. The number of ether oxygens (including phenoxy) is 2. The van der Waals surface area contributed by atoms with Crippen LogP contribution in [0, 0.1) is 6.92 Å². The van der Waals surface area contributed by atoms with Gasteiger partial charge in [-0.05, 0) is 24.3 Å². The number of rotatable bonds is 5. The van der Waals surface area contributed by atoms with Crippen LogP contribution in [0.3, 0.4) is 0 Å². The molecule has 0 saturated carbocycles. The fourth-order valence-electron chi connectivity index (χ4n) is 2.38. The van der Waals surface area contributed by atoms with E-state index < -0.39 is 12.5 Å². The first kappa shape index (κ1) is 16.7. The number of methoxy groups -OCH3 is 1. The van der Waals surface area contributed by atoms with E-state index in [4.69, 9.17) is 9.15 Å². The summed E-state index contributed by atoms with van der Waals surface area (Å²) in [5.41, 5.74) is 1.51. The van der Waals surface area contributed by atoms with Gasteiger partial charge in [-0.1, -0.05) is 6.07 Å². The number of carbonyl (C=O) groups is 1. The summed E-state index contributed by atoms with van der Waals surface area (Å²) in [6.45, 7) is -1.38. The zero-order valence-corrected chi connectivity index (χ0v) is 13.4. The number of nitrogens with one attached hydrogen (secondary N) is 1. The summed E-state index contributed by atoms with van der Waals surface area (Å²) < 4.78 is 40.2. The van der Waals surface area contributed by atoms with Crippen LogP contribution in [0.1, 0.15) is 16.2 Å². The standard InChI is InChI=1S/C17H14F2N2O4/c1-9-20-12-7-6-10(8-14(12)24-9)21-16(22)11-4-3-5-13(23-2)15(11)25-17(18)19/h3-8,17H,1-2H3,(H,21,22). The highest BCUT2D eigenvalue weighted by molar-refractivity contribution is 6.07. The van der Waals surface area contributed by atoms with Crippen molar-refractivity contribution in [2.75, 3.05) is 12.4 Å². The monoisotopic (exact) mass is 348 g/mol.